The third-order valence-electron chi connectivity index (χ3n) is 4.86. The number of halogens is 1. The van der Waals surface area contributed by atoms with E-state index in [9.17, 15) is 9.59 Å². The number of carbonyl (C=O) groups excluding carboxylic acids is 2. The number of benzene rings is 2. The lowest BCUT2D eigenvalue weighted by molar-refractivity contribution is 0.0665. The molecule has 0 saturated carbocycles. The van der Waals surface area contributed by atoms with E-state index >= 15 is 0 Å². The molecule has 1 aliphatic heterocycles. The van der Waals surface area contributed by atoms with E-state index in [0.29, 0.717) is 29.9 Å². The van der Waals surface area contributed by atoms with Gasteiger partial charge in [-0.15, -0.1) is 0 Å². The number of nitrogens with zero attached hydrogens (tertiary/aromatic N) is 2. The van der Waals surface area contributed by atoms with Gasteiger partial charge in [-0.1, -0.05) is 18.2 Å². The average molecular weight is 522 g/mol. The van der Waals surface area contributed by atoms with Gasteiger partial charge in [-0.3, -0.25) is 14.9 Å². The second-order valence-corrected chi connectivity index (χ2v) is 8.58. The maximum atomic E-state index is 13.0. The number of anilines is 1. The molecule has 0 bridgehead atoms. The van der Waals surface area contributed by atoms with Crippen LogP contribution in [0.2, 0.25) is 0 Å². The molecule has 0 aromatic heterocycles. The van der Waals surface area contributed by atoms with E-state index in [1.54, 1.807) is 18.2 Å². The Morgan fingerprint density at radius 3 is 2.45 bits per heavy atom. The number of nitrogens with one attached hydrogen (secondary N) is 2. The summed E-state index contributed by atoms with van der Waals surface area (Å²) in [6, 6.07) is 12.7. The van der Waals surface area contributed by atoms with Crippen LogP contribution in [0.15, 0.2) is 42.5 Å². The van der Waals surface area contributed by atoms with Crippen LogP contribution in [0.25, 0.3) is 0 Å². The molecule has 1 fully saturated rings. The molecule has 29 heavy (non-hydrogen) atoms. The molecule has 1 saturated heterocycles. The predicted octanol–water partition coefficient (Wildman–Crippen LogP) is 3.11. The van der Waals surface area contributed by atoms with Crippen molar-refractivity contribution < 1.29 is 9.59 Å². The molecule has 152 valence electrons. The fourth-order valence-corrected chi connectivity index (χ4v) is 3.74. The zero-order chi connectivity index (χ0) is 21.0. The second kappa shape index (κ2) is 9.64. The van der Waals surface area contributed by atoms with Crippen molar-refractivity contribution in [1.29, 1.82) is 0 Å². The van der Waals surface area contributed by atoms with Gasteiger partial charge < -0.3 is 15.1 Å². The molecule has 8 heteroatoms. The highest BCUT2D eigenvalue weighted by Gasteiger charge is 2.22. The lowest BCUT2D eigenvalue weighted by Gasteiger charge is -2.32. The van der Waals surface area contributed by atoms with E-state index < -0.39 is 0 Å². The Hall–Kier alpha value is -2.04. The Labute approximate surface area is 189 Å². The van der Waals surface area contributed by atoms with Crippen molar-refractivity contribution >= 4 is 57.4 Å². The summed E-state index contributed by atoms with van der Waals surface area (Å²) >= 11 is 7.51. The third-order valence-corrected chi connectivity index (χ3v) is 6.22. The van der Waals surface area contributed by atoms with Crippen LogP contribution >= 0.6 is 34.8 Å². The number of para-hydroxylation sites is 1. The highest BCUT2D eigenvalue weighted by Crippen LogP contribution is 2.19. The first kappa shape index (κ1) is 21.7. The van der Waals surface area contributed by atoms with Gasteiger partial charge >= 0.3 is 0 Å². The number of piperazine rings is 1. The van der Waals surface area contributed by atoms with Crippen molar-refractivity contribution in [2.24, 2.45) is 0 Å². The molecular weight excluding hydrogens is 499 g/mol. The van der Waals surface area contributed by atoms with E-state index in [2.05, 4.69) is 38.1 Å². The Balaban J connectivity index is 1.68. The first-order chi connectivity index (χ1) is 13.8. The van der Waals surface area contributed by atoms with Crippen LogP contribution in [-0.4, -0.2) is 60.0 Å². The number of likely N-dealkylation sites (N-methyl/N-ethyl adjacent to an activating group) is 1. The average Bonchev–Trinajstić information content (AvgIpc) is 2.70. The summed E-state index contributed by atoms with van der Waals surface area (Å²) in [5.74, 6) is -0.327. The van der Waals surface area contributed by atoms with Crippen LogP contribution in [0, 0.1) is 10.5 Å². The van der Waals surface area contributed by atoms with Gasteiger partial charge in [0.25, 0.3) is 11.8 Å². The summed E-state index contributed by atoms with van der Waals surface area (Å²) in [5.41, 5.74) is 2.77. The van der Waals surface area contributed by atoms with Crippen molar-refractivity contribution in [3.05, 3.63) is 62.7 Å². The van der Waals surface area contributed by atoms with E-state index in [0.717, 1.165) is 22.2 Å². The van der Waals surface area contributed by atoms with Gasteiger partial charge in [0.2, 0.25) is 0 Å². The Morgan fingerprint density at radius 2 is 1.76 bits per heavy atom. The number of hydrogen-bond donors (Lipinski definition) is 2. The lowest BCUT2D eigenvalue weighted by Crippen LogP contribution is -2.47. The van der Waals surface area contributed by atoms with E-state index in [1.807, 2.05) is 43.1 Å². The van der Waals surface area contributed by atoms with Crippen molar-refractivity contribution in [2.45, 2.75) is 6.92 Å². The van der Waals surface area contributed by atoms with E-state index in [4.69, 9.17) is 12.2 Å². The minimum absolute atomic E-state index is 0.0385. The number of rotatable bonds is 3. The highest BCUT2D eigenvalue weighted by molar-refractivity contribution is 14.1. The van der Waals surface area contributed by atoms with Crippen molar-refractivity contribution in [3.63, 3.8) is 0 Å². The standard InChI is InChI=1S/C21H23IN4O2S/c1-14-7-8-15(13-17(14)22)19(27)24-21(29)23-18-6-4-3-5-16(18)20(28)26-11-9-25(2)10-12-26/h3-8,13H,9-12H2,1-2H3,(H2,23,24,27,29). The van der Waals surface area contributed by atoms with Crippen LogP contribution in [-0.2, 0) is 0 Å². The zero-order valence-corrected chi connectivity index (χ0v) is 19.3. The summed E-state index contributed by atoms with van der Waals surface area (Å²) in [7, 11) is 2.05. The molecule has 0 aliphatic carbocycles. The molecular formula is C21H23IN4O2S. The largest absolute Gasteiger partial charge is 0.336 e. The fourth-order valence-electron chi connectivity index (χ4n) is 3.02. The van der Waals surface area contributed by atoms with Gasteiger partial charge in [0.15, 0.2) is 5.11 Å². The minimum atomic E-state index is -0.289. The summed E-state index contributed by atoms with van der Waals surface area (Å²) in [5, 5.41) is 5.85. The van der Waals surface area contributed by atoms with Gasteiger partial charge in [-0.2, -0.15) is 0 Å². The summed E-state index contributed by atoms with van der Waals surface area (Å²) in [6.07, 6.45) is 0. The maximum Gasteiger partial charge on any atom is 0.257 e. The first-order valence-electron chi connectivity index (χ1n) is 9.30. The van der Waals surface area contributed by atoms with Gasteiger partial charge in [0.1, 0.15) is 0 Å². The summed E-state index contributed by atoms with van der Waals surface area (Å²) in [6.45, 7) is 5.08. The molecule has 2 amide bonds. The lowest BCUT2D eigenvalue weighted by atomic mass is 10.1. The Morgan fingerprint density at radius 1 is 1.07 bits per heavy atom. The van der Waals surface area contributed by atoms with E-state index in [1.165, 1.54) is 0 Å². The molecule has 0 unspecified atom stereocenters. The normalized spacial score (nSPS) is 14.4. The fraction of sp³-hybridized carbons (Fsp3) is 0.286. The number of hydrogen-bond acceptors (Lipinski definition) is 4. The topological polar surface area (TPSA) is 64.7 Å². The SMILES string of the molecule is Cc1ccc(C(=O)NC(=S)Nc2ccccc2C(=O)N2CCN(C)CC2)cc1I. The minimum Gasteiger partial charge on any atom is -0.336 e. The molecule has 1 aliphatic rings. The number of carbonyl (C=O) groups is 2. The van der Waals surface area contributed by atoms with Crippen LogP contribution in [0.5, 0.6) is 0 Å². The third kappa shape index (κ3) is 5.52. The zero-order valence-electron chi connectivity index (χ0n) is 16.4. The second-order valence-electron chi connectivity index (χ2n) is 7.01. The van der Waals surface area contributed by atoms with Gasteiger partial charge in [0.05, 0.1) is 11.3 Å². The molecule has 2 N–H and O–H groups in total. The highest BCUT2D eigenvalue weighted by atomic mass is 127. The van der Waals surface area contributed by atoms with Crippen molar-refractivity contribution in [3.8, 4) is 0 Å². The molecule has 2 aromatic carbocycles. The predicted molar refractivity (Wildman–Crippen MR) is 127 cm³/mol. The molecule has 2 aromatic rings. The number of aryl methyl sites for hydroxylation is 1. The maximum absolute atomic E-state index is 13.0. The number of amides is 2. The molecule has 1 heterocycles. The molecule has 6 nitrogen and oxygen atoms in total. The van der Waals surface area contributed by atoms with E-state index in [-0.39, 0.29) is 16.9 Å². The quantitative estimate of drug-likeness (QED) is 0.480. The van der Waals surface area contributed by atoms with Crippen LogP contribution < -0.4 is 10.6 Å². The van der Waals surface area contributed by atoms with Crippen molar-refractivity contribution in [1.82, 2.24) is 15.1 Å². The van der Waals surface area contributed by atoms with Gasteiger partial charge in [0, 0.05) is 35.3 Å². The molecule has 0 atom stereocenters. The molecule has 0 spiro atoms. The first-order valence-corrected chi connectivity index (χ1v) is 10.8. The van der Waals surface area contributed by atoms with Crippen LogP contribution in [0.1, 0.15) is 26.3 Å². The van der Waals surface area contributed by atoms with Crippen LogP contribution in [0.4, 0.5) is 5.69 Å². The smallest absolute Gasteiger partial charge is 0.257 e. The monoisotopic (exact) mass is 522 g/mol. The van der Waals surface area contributed by atoms with Crippen LogP contribution in [0.3, 0.4) is 0 Å². The van der Waals surface area contributed by atoms with Gasteiger partial charge in [-0.05, 0) is 78.6 Å². The Kier molecular flexibility index (Phi) is 7.20. The van der Waals surface area contributed by atoms with Gasteiger partial charge in [-0.25, -0.2) is 0 Å². The summed E-state index contributed by atoms with van der Waals surface area (Å²) in [4.78, 5) is 29.5. The molecule has 0 radical (unpaired) electrons. The van der Waals surface area contributed by atoms with Crippen molar-refractivity contribution in [2.75, 3.05) is 38.5 Å². The number of thiocarbonyl (C=S) groups is 1. The summed E-state index contributed by atoms with van der Waals surface area (Å²) < 4.78 is 1.01. The Bertz CT molecular complexity index is 942. The molecule has 3 rings (SSSR count).